The topological polar surface area (TPSA) is 53.1 Å². The van der Waals surface area contributed by atoms with Gasteiger partial charge in [-0.25, -0.2) is 4.98 Å². The molecule has 150 valence electrons. The first-order valence-electron chi connectivity index (χ1n) is 10.3. The standard InChI is InChI=1S/C24H29N5/c1-24(2,3)28-23-26-21(18-9-5-4-6-10-18)17-22(27-23)25-19-11-13-20(14-12-19)29-15-7-8-16-29/h4-6,9-14,17H,7-8,15-16H2,1-3H3,(H2,25,26,27,28). The van der Waals surface area contributed by atoms with E-state index in [4.69, 9.17) is 9.97 Å². The van der Waals surface area contributed by atoms with Gasteiger partial charge in [-0.05, 0) is 57.9 Å². The molecule has 5 nitrogen and oxygen atoms in total. The zero-order valence-electron chi connectivity index (χ0n) is 17.4. The van der Waals surface area contributed by atoms with Crippen molar-refractivity contribution in [1.29, 1.82) is 0 Å². The Hall–Kier alpha value is -3.08. The molecule has 0 radical (unpaired) electrons. The number of anilines is 4. The van der Waals surface area contributed by atoms with Gasteiger partial charge in [-0.15, -0.1) is 0 Å². The van der Waals surface area contributed by atoms with Gasteiger partial charge < -0.3 is 15.5 Å². The van der Waals surface area contributed by atoms with E-state index >= 15 is 0 Å². The average molecular weight is 388 g/mol. The molecule has 1 aliphatic heterocycles. The first-order chi connectivity index (χ1) is 14.0. The highest BCUT2D eigenvalue weighted by molar-refractivity contribution is 5.68. The van der Waals surface area contributed by atoms with Crippen LogP contribution in [0, 0.1) is 0 Å². The van der Waals surface area contributed by atoms with Gasteiger partial charge >= 0.3 is 0 Å². The van der Waals surface area contributed by atoms with Gasteiger partial charge in [0.25, 0.3) is 0 Å². The molecule has 1 fully saturated rings. The van der Waals surface area contributed by atoms with Crippen LogP contribution in [-0.2, 0) is 0 Å². The lowest BCUT2D eigenvalue weighted by Crippen LogP contribution is -2.27. The molecule has 1 saturated heterocycles. The fourth-order valence-electron chi connectivity index (χ4n) is 3.54. The minimum Gasteiger partial charge on any atom is -0.372 e. The van der Waals surface area contributed by atoms with E-state index in [0.717, 1.165) is 35.9 Å². The van der Waals surface area contributed by atoms with Gasteiger partial charge in [0, 0.05) is 41.6 Å². The summed E-state index contributed by atoms with van der Waals surface area (Å²) in [5.41, 5.74) is 4.15. The van der Waals surface area contributed by atoms with Crippen LogP contribution in [0.3, 0.4) is 0 Å². The molecule has 29 heavy (non-hydrogen) atoms. The molecule has 2 aromatic carbocycles. The van der Waals surface area contributed by atoms with Crippen LogP contribution in [0.4, 0.5) is 23.1 Å². The number of rotatable bonds is 5. The Morgan fingerprint density at radius 3 is 2.21 bits per heavy atom. The Morgan fingerprint density at radius 1 is 0.862 bits per heavy atom. The predicted molar refractivity (Wildman–Crippen MR) is 122 cm³/mol. The Balaban J connectivity index is 1.60. The zero-order chi connectivity index (χ0) is 20.3. The molecule has 0 unspecified atom stereocenters. The van der Waals surface area contributed by atoms with Crippen molar-refractivity contribution in [2.45, 2.75) is 39.2 Å². The van der Waals surface area contributed by atoms with Gasteiger partial charge in [-0.1, -0.05) is 30.3 Å². The lowest BCUT2D eigenvalue weighted by atomic mass is 10.1. The summed E-state index contributed by atoms with van der Waals surface area (Å²) < 4.78 is 0. The third-order valence-corrected chi connectivity index (χ3v) is 4.89. The van der Waals surface area contributed by atoms with Crippen molar-refractivity contribution in [2.75, 3.05) is 28.6 Å². The quantitative estimate of drug-likeness (QED) is 0.588. The first-order valence-corrected chi connectivity index (χ1v) is 10.3. The summed E-state index contributed by atoms with van der Waals surface area (Å²) in [7, 11) is 0. The maximum atomic E-state index is 4.73. The molecule has 5 heteroatoms. The third kappa shape index (κ3) is 5.05. The minimum absolute atomic E-state index is 0.121. The Kier molecular flexibility index (Phi) is 5.38. The lowest BCUT2D eigenvalue weighted by molar-refractivity contribution is 0.626. The van der Waals surface area contributed by atoms with E-state index in [2.05, 4.69) is 72.7 Å². The second-order valence-corrected chi connectivity index (χ2v) is 8.57. The highest BCUT2D eigenvalue weighted by atomic mass is 15.2. The normalized spacial score (nSPS) is 14.1. The van der Waals surface area contributed by atoms with Crippen molar-refractivity contribution < 1.29 is 0 Å². The van der Waals surface area contributed by atoms with E-state index in [1.165, 1.54) is 18.5 Å². The lowest BCUT2D eigenvalue weighted by Gasteiger charge is -2.21. The number of hydrogen-bond donors (Lipinski definition) is 2. The number of benzene rings is 2. The molecular weight excluding hydrogens is 358 g/mol. The van der Waals surface area contributed by atoms with Gasteiger partial charge in [0.05, 0.1) is 5.69 Å². The van der Waals surface area contributed by atoms with Crippen molar-refractivity contribution in [3.05, 3.63) is 60.7 Å². The van der Waals surface area contributed by atoms with E-state index in [0.29, 0.717) is 5.95 Å². The van der Waals surface area contributed by atoms with Gasteiger partial charge in [-0.2, -0.15) is 4.98 Å². The largest absolute Gasteiger partial charge is 0.372 e. The molecule has 0 aliphatic carbocycles. The van der Waals surface area contributed by atoms with Gasteiger partial charge in [-0.3, -0.25) is 0 Å². The molecule has 2 heterocycles. The van der Waals surface area contributed by atoms with Crippen LogP contribution in [-0.4, -0.2) is 28.6 Å². The zero-order valence-corrected chi connectivity index (χ0v) is 17.4. The summed E-state index contributed by atoms with van der Waals surface area (Å²) >= 11 is 0. The molecule has 0 spiro atoms. The summed E-state index contributed by atoms with van der Waals surface area (Å²) in [6, 6.07) is 20.8. The van der Waals surface area contributed by atoms with Crippen molar-refractivity contribution >= 4 is 23.1 Å². The van der Waals surface area contributed by atoms with Crippen molar-refractivity contribution in [3.8, 4) is 11.3 Å². The molecule has 4 rings (SSSR count). The summed E-state index contributed by atoms with van der Waals surface area (Å²) in [6.45, 7) is 8.63. The van der Waals surface area contributed by atoms with Crippen molar-refractivity contribution in [1.82, 2.24) is 9.97 Å². The summed E-state index contributed by atoms with van der Waals surface area (Å²) in [5, 5.41) is 6.84. The Morgan fingerprint density at radius 2 is 1.55 bits per heavy atom. The molecule has 2 N–H and O–H groups in total. The Labute approximate surface area is 173 Å². The maximum Gasteiger partial charge on any atom is 0.225 e. The second kappa shape index (κ2) is 8.11. The van der Waals surface area contributed by atoms with Gasteiger partial charge in [0.15, 0.2) is 0 Å². The van der Waals surface area contributed by atoms with Crippen LogP contribution < -0.4 is 15.5 Å². The Bertz CT molecular complexity index is 939. The fourth-order valence-corrected chi connectivity index (χ4v) is 3.54. The van der Waals surface area contributed by atoms with Crippen molar-refractivity contribution in [2.24, 2.45) is 0 Å². The average Bonchev–Trinajstić information content (AvgIpc) is 3.23. The number of nitrogens with zero attached hydrogens (tertiary/aromatic N) is 3. The summed E-state index contributed by atoms with van der Waals surface area (Å²) in [5.74, 6) is 1.40. The molecule has 1 aliphatic rings. The highest BCUT2D eigenvalue weighted by Gasteiger charge is 2.15. The molecular formula is C24H29N5. The van der Waals surface area contributed by atoms with Crippen LogP contribution in [0.5, 0.6) is 0 Å². The minimum atomic E-state index is -0.121. The van der Waals surface area contributed by atoms with Gasteiger partial charge in [0.2, 0.25) is 5.95 Å². The van der Waals surface area contributed by atoms with E-state index in [9.17, 15) is 0 Å². The smallest absolute Gasteiger partial charge is 0.225 e. The molecule has 1 aromatic heterocycles. The van der Waals surface area contributed by atoms with E-state index in [-0.39, 0.29) is 5.54 Å². The highest BCUT2D eigenvalue weighted by Crippen LogP contribution is 2.26. The summed E-state index contributed by atoms with van der Waals surface area (Å²) in [4.78, 5) is 11.9. The molecule has 3 aromatic rings. The van der Waals surface area contributed by atoms with E-state index < -0.39 is 0 Å². The van der Waals surface area contributed by atoms with Crippen LogP contribution in [0.1, 0.15) is 33.6 Å². The molecule has 0 saturated carbocycles. The summed E-state index contributed by atoms with van der Waals surface area (Å²) in [6.07, 6.45) is 2.57. The maximum absolute atomic E-state index is 4.73. The number of hydrogen-bond acceptors (Lipinski definition) is 5. The predicted octanol–water partition coefficient (Wildman–Crippen LogP) is 5.70. The van der Waals surface area contributed by atoms with Gasteiger partial charge in [0.1, 0.15) is 5.82 Å². The van der Waals surface area contributed by atoms with E-state index in [1.54, 1.807) is 0 Å². The fraction of sp³-hybridized carbons (Fsp3) is 0.333. The van der Waals surface area contributed by atoms with Crippen molar-refractivity contribution in [3.63, 3.8) is 0 Å². The van der Waals surface area contributed by atoms with Crippen LogP contribution >= 0.6 is 0 Å². The molecule has 0 atom stereocenters. The first kappa shape index (κ1) is 19.2. The monoisotopic (exact) mass is 387 g/mol. The third-order valence-electron chi connectivity index (χ3n) is 4.89. The van der Waals surface area contributed by atoms with Crippen LogP contribution in [0.15, 0.2) is 60.7 Å². The van der Waals surface area contributed by atoms with Crippen LogP contribution in [0.2, 0.25) is 0 Å². The van der Waals surface area contributed by atoms with E-state index in [1.807, 2.05) is 24.3 Å². The molecule has 0 amide bonds. The molecule has 0 bridgehead atoms. The van der Waals surface area contributed by atoms with Crippen LogP contribution in [0.25, 0.3) is 11.3 Å². The SMILES string of the molecule is CC(C)(C)Nc1nc(Nc2ccc(N3CCCC3)cc2)cc(-c2ccccc2)n1. The number of nitrogens with one attached hydrogen (secondary N) is 2. The number of aromatic nitrogens is 2. The second-order valence-electron chi connectivity index (χ2n) is 8.57.